The third-order valence-electron chi connectivity index (χ3n) is 4.14. The zero-order valence-corrected chi connectivity index (χ0v) is 16.1. The fraction of sp³-hybridized carbons (Fsp3) is 0.211. The monoisotopic (exact) mass is 401 g/mol. The van der Waals surface area contributed by atoms with Crippen LogP contribution < -0.4 is 14.9 Å². The first-order valence-corrected chi connectivity index (χ1v) is 10.1. The Hall–Kier alpha value is -3.20. The molecule has 3 amide bonds. The number of amides is 3. The third kappa shape index (κ3) is 4.04. The minimum absolute atomic E-state index is 0.133. The third-order valence-corrected chi connectivity index (χ3v) is 6.01. The van der Waals surface area contributed by atoms with E-state index in [9.17, 15) is 22.8 Å². The molecule has 2 aromatic carbocycles. The molecule has 0 aliphatic carbocycles. The van der Waals surface area contributed by atoms with E-state index in [1.165, 1.54) is 31.2 Å². The number of hydrogen-bond acceptors (Lipinski definition) is 5. The van der Waals surface area contributed by atoms with Crippen LogP contribution in [0.3, 0.4) is 0 Å². The molecule has 1 fully saturated rings. The molecule has 3 rings (SSSR count). The van der Waals surface area contributed by atoms with Crippen molar-refractivity contribution in [3.8, 4) is 0 Å². The number of carbonyl (C=O) groups excluding carboxylic acids is 3. The Morgan fingerprint density at radius 3 is 2.29 bits per heavy atom. The topological polar surface area (TPSA) is 113 Å². The minimum Gasteiger partial charge on any atom is -0.326 e. The van der Waals surface area contributed by atoms with Gasteiger partial charge in [-0.05, 0) is 36.4 Å². The van der Waals surface area contributed by atoms with Crippen LogP contribution >= 0.6 is 0 Å². The van der Waals surface area contributed by atoms with Gasteiger partial charge in [-0.25, -0.2) is 12.7 Å². The van der Waals surface area contributed by atoms with Crippen molar-refractivity contribution in [2.45, 2.75) is 13.8 Å². The Kier molecular flexibility index (Phi) is 5.19. The molecular weight excluding hydrogens is 382 g/mol. The molecule has 1 aliphatic rings. The van der Waals surface area contributed by atoms with Crippen LogP contribution in [0.5, 0.6) is 0 Å². The predicted octanol–water partition coefficient (Wildman–Crippen LogP) is 2.21. The maximum Gasteiger partial charge on any atom is 0.255 e. The van der Waals surface area contributed by atoms with Crippen molar-refractivity contribution in [1.82, 2.24) is 0 Å². The van der Waals surface area contributed by atoms with Gasteiger partial charge < -0.3 is 10.6 Å². The summed E-state index contributed by atoms with van der Waals surface area (Å²) in [6.45, 7) is 2.93. The molecule has 1 atom stereocenters. The molecule has 0 radical (unpaired) electrons. The van der Waals surface area contributed by atoms with E-state index in [2.05, 4.69) is 10.6 Å². The molecule has 1 saturated heterocycles. The summed E-state index contributed by atoms with van der Waals surface area (Å²) < 4.78 is 25.3. The molecular formula is C19H19N3O5S. The second-order valence-corrected chi connectivity index (χ2v) is 8.41. The lowest BCUT2D eigenvalue weighted by Crippen LogP contribution is -2.30. The lowest BCUT2D eigenvalue weighted by atomic mass is 10.1. The summed E-state index contributed by atoms with van der Waals surface area (Å²) in [4.78, 5) is 36.0. The van der Waals surface area contributed by atoms with Crippen molar-refractivity contribution in [3.05, 3.63) is 54.1 Å². The summed E-state index contributed by atoms with van der Waals surface area (Å²) in [6, 6.07) is 12.5. The lowest BCUT2D eigenvalue weighted by molar-refractivity contribution is -0.119. The number of nitrogens with one attached hydrogen (secondary N) is 2. The van der Waals surface area contributed by atoms with Crippen LogP contribution in [0.2, 0.25) is 0 Å². The maximum atomic E-state index is 12.6. The van der Waals surface area contributed by atoms with Crippen LogP contribution in [0.25, 0.3) is 0 Å². The van der Waals surface area contributed by atoms with Crippen LogP contribution in [0.15, 0.2) is 48.5 Å². The highest BCUT2D eigenvalue weighted by molar-refractivity contribution is 7.94. The van der Waals surface area contributed by atoms with Gasteiger partial charge in [0, 0.05) is 23.9 Å². The van der Waals surface area contributed by atoms with Gasteiger partial charge in [0.15, 0.2) is 0 Å². The molecule has 0 saturated carbocycles. The summed E-state index contributed by atoms with van der Waals surface area (Å²) in [6.07, 6.45) is 0. The molecule has 0 spiro atoms. The molecule has 2 N–H and O–H groups in total. The van der Waals surface area contributed by atoms with Gasteiger partial charge in [-0.2, -0.15) is 0 Å². The number of carbonyl (C=O) groups is 3. The fourth-order valence-corrected chi connectivity index (χ4v) is 4.75. The standard InChI is InChI=1S/C19H19N3O5S/c1-12-11-28(26,27)22(19(12)25)17-8-3-5-14(9-17)18(24)21-16-7-4-6-15(10-16)20-13(2)23/h3-10,12H,11H2,1-2H3,(H,20,23)(H,21,24). The van der Waals surface area contributed by atoms with E-state index in [4.69, 9.17) is 0 Å². The summed E-state index contributed by atoms with van der Waals surface area (Å²) in [5, 5.41) is 5.31. The van der Waals surface area contributed by atoms with Crippen LogP contribution in [0.4, 0.5) is 17.1 Å². The number of anilines is 3. The van der Waals surface area contributed by atoms with Gasteiger partial charge in [0.1, 0.15) is 0 Å². The number of sulfonamides is 1. The van der Waals surface area contributed by atoms with E-state index < -0.39 is 27.8 Å². The summed E-state index contributed by atoms with van der Waals surface area (Å²) >= 11 is 0. The van der Waals surface area contributed by atoms with Crippen molar-refractivity contribution in [3.63, 3.8) is 0 Å². The van der Waals surface area contributed by atoms with Crippen molar-refractivity contribution >= 4 is 44.8 Å². The number of hydrogen-bond donors (Lipinski definition) is 2. The highest BCUT2D eigenvalue weighted by Gasteiger charge is 2.42. The van der Waals surface area contributed by atoms with E-state index in [1.807, 2.05) is 0 Å². The Balaban J connectivity index is 1.84. The number of benzene rings is 2. The normalized spacial score (nSPS) is 18.0. The Labute approximate surface area is 162 Å². The molecule has 1 heterocycles. The zero-order chi connectivity index (χ0) is 20.5. The average Bonchev–Trinajstić information content (AvgIpc) is 2.81. The Morgan fingerprint density at radius 1 is 1.04 bits per heavy atom. The summed E-state index contributed by atoms with van der Waals surface area (Å²) in [5.41, 5.74) is 1.32. The highest BCUT2D eigenvalue weighted by Crippen LogP contribution is 2.29. The van der Waals surface area contributed by atoms with Gasteiger partial charge in [0.05, 0.1) is 17.4 Å². The van der Waals surface area contributed by atoms with E-state index in [1.54, 1.807) is 31.2 Å². The first-order valence-electron chi connectivity index (χ1n) is 8.53. The minimum atomic E-state index is -3.75. The van der Waals surface area contributed by atoms with Gasteiger partial charge >= 0.3 is 0 Å². The van der Waals surface area contributed by atoms with E-state index in [0.29, 0.717) is 11.4 Å². The number of nitrogens with zero attached hydrogens (tertiary/aromatic N) is 1. The molecule has 28 heavy (non-hydrogen) atoms. The van der Waals surface area contributed by atoms with Crippen LogP contribution in [0, 0.1) is 5.92 Å². The second kappa shape index (κ2) is 7.43. The van der Waals surface area contributed by atoms with Crippen LogP contribution in [-0.4, -0.2) is 31.9 Å². The zero-order valence-electron chi connectivity index (χ0n) is 15.3. The lowest BCUT2D eigenvalue weighted by Gasteiger charge is -2.16. The Morgan fingerprint density at radius 2 is 1.68 bits per heavy atom. The van der Waals surface area contributed by atoms with Crippen molar-refractivity contribution in [2.75, 3.05) is 20.7 Å². The highest BCUT2D eigenvalue weighted by atomic mass is 32.2. The van der Waals surface area contributed by atoms with Crippen molar-refractivity contribution in [1.29, 1.82) is 0 Å². The molecule has 9 heteroatoms. The molecule has 0 aromatic heterocycles. The predicted molar refractivity (Wildman–Crippen MR) is 106 cm³/mol. The smallest absolute Gasteiger partial charge is 0.255 e. The van der Waals surface area contributed by atoms with E-state index >= 15 is 0 Å². The molecule has 8 nitrogen and oxygen atoms in total. The maximum absolute atomic E-state index is 12.6. The van der Waals surface area contributed by atoms with Gasteiger partial charge in [0.2, 0.25) is 21.8 Å². The molecule has 1 unspecified atom stereocenters. The van der Waals surface area contributed by atoms with Crippen LogP contribution in [-0.2, 0) is 19.6 Å². The van der Waals surface area contributed by atoms with Gasteiger partial charge in [-0.15, -0.1) is 0 Å². The van der Waals surface area contributed by atoms with Gasteiger partial charge in [0.25, 0.3) is 5.91 Å². The van der Waals surface area contributed by atoms with E-state index in [0.717, 1.165) is 4.31 Å². The average molecular weight is 401 g/mol. The quantitative estimate of drug-likeness (QED) is 0.816. The van der Waals surface area contributed by atoms with Gasteiger partial charge in [-0.1, -0.05) is 19.1 Å². The van der Waals surface area contributed by atoms with Gasteiger partial charge in [-0.3, -0.25) is 14.4 Å². The molecule has 1 aliphatic heterocycles. The largest absolute Gasteiger partial charge is 0.326 e. The molecule has 0 bridgehead atoms. The summed E-state index contributed by atoms with van der Waals surface area (Å²) in [5.74, 6) is -2.10. The SMILES string of the molecule is CC(=O)Nc1cccc(NC(=O)c2cccc(N3C(=O)C(C)CS3(=O)=O)c2)c1. The fourth-order valence-electron chi connectivity index (χ4n) is 2.94. The Bertz CT molecular complexity index is 1060. The summed E-state index contributed by atoms with van der Waals surface area (Å²) in [7, 11) is -3.75. The first kappa shape index (κ1) is 19.6. The van der Waals surface area contributed by atoms with Crippen molar-refractivity contribution in [2.24, 2.45) is 5.92 Å². The van der Waals surface area contributed by atoms with Crippen LogP contribution in [0.1, 0.15) is 24.2 Å². The van der Waals surface area contributed by atoms with E-state index in [-0.39, 0.29) is 22.9 Å². The van der Waals surface area contributed by atoms with Crippen molar-refractivity contribution < 1.29 is 22.8 Å². The molecule has 146 valence electrons. The second-order valence-electron chi connectivity index (χ2n) is 6.55. The molecule has 2 aromatic rings. The first-order chi connectivity index (χ1) is 13.2. The number of rotatable bonds is 4.